The molecule has 4 rings (SSSR count). The molecule has 34 heavy (non-hydrogen) atoms. The van der Waals surface area contributed by atoms with Crippen molar-refractivity contribution in [1.29, 1.82) is 0 Å². The Bertz CT molecular complexity index is 1240. The number of carbonyl (C=O) groups is 2. The zero-order valence-corrected chi connectivity index (χ0v) is 19.8. The van der Waals surface area contributed by atoms with Crippen molar-refractivity contribution in [2.75, 3.05) is 19.6 Å². The average molecular weight is 496 g/mol. The van der Waals surface area contributed by atoms with Crippen LogP contribution < -0.4 is 0 Å². The second-order valence-corrected chi connectivity index (χ2v) is 9.25. The monoisotopic (exact) mass is 495 g/mol. The molecule has 2 aromatic carbocycles. The maximum Gasteiger partial charge on any atom is 0.288 e. The van der Waals surface area contributed by atoms with Crippen molar-refractivity contribution < 1.29 is 14.5 Å². The molecule has 0 saturated carbocycles. The molecule has 1 unspecified atom stereocenters. The van der Waals surface area contributed by atoms with Crippen LogP contribution in [0.25, 0.3) is 0 Å². The second kappa shape index (κ2) is 10.2. The normalized spacial score (nSPS) is 14.9. The molecule has 7 nitrogen and oxygen atoms in total. The van der Waals surface area contributed by atoms with E-state index < -0.39 is 10.8 Å². The van der Waals surface area contributed by atoms with E-state index >= 15 is 0 Å². The van der Waals surface area contributed by atoms with Gasteiger partial charge in [0.25, 0.3) is 11.6 Å². The Hall–Kier alpha value is -3.49. The summed E-state index contributed by atoms with van der Waals surface area (Å²) < 4.78 is 0. The molecule has 0 bridgehead atoms. The molecule has 1 aromatic heterocycles. The summed E-state index contributed by atoms with van der Waals surface area (Å²) in [5, 5.41) is 13.2. The van der Waals surface area contributed by atoms with Crippen LogP contribution in [0.15, 0.2) is 72.6 Å². The number of amides is 2. The predicted octanol–water partition coefficient (Wildman–Crippen LogP) is 5.11. The van der Waals surface area contributed by atoms with Gasteiger partial charge in [0.2, 0.25) is 5.91 Å². The number of hydrogen-bond acceptors (Lipinski definition) is 5. The number of thiophene rings is 1. The molecule has 0 fully saturated rings. The molecule has 0 N–H and O–H groups in total. The fourth-order valence-electron chi connectivity index (χ4n) is 4.18. The molecule has 0 saturated heterocycles. The van der Waals surface area contributed by atoms with Gasteiger partial charge in [-0.3, -0.25) is 19.7 Å². The molecule has 0 spiro atoms. The molecule has 174 valence electrons. The average Bonchev–Trinajstić information content (AvgIpc) is 3.32. The standard InChI is InChI=1S/C25H22ClN3O4S/c1-2-12-27(25(31)18-8-9-20(26)21(15-18)29(32)33)16-23(30)28-13-10-22-19(11-14-34-22)24(28)17-6-4-3-5-7-17/h2-9,11,14-15,24H,1,10,12-13,16H2. The highest BCUT2D eigenvalue weighted by molar-refractivity contribution is 7.10. The highest BCUT2D eigenvalue weighted by Gasteiger charge is 2.34. The molecule has 1 aliphatic rings. The number of nitro benzene ring substituents is 1. The first-order valence-corrected chi connectivity index (χ1v) is 11.9. The van der Waals surface area contributed by atoms with Gasteiger partial charge >= 0.3 is 0 Å². The van der Waals surface area contributed by atoms with Crippen molar-refractivity contribution in [2.24, 2.45) is 0 Å². The smallest absolute Gasteiger partial charge is 0.288 e. The lowest BCUT2D eigenvalue weighted by Crippen LogP contribution is -2.46. The summed E-state index contributed by atoms with van der Waals surface area (Å²) in [7, 11) is 0. The van der Waals surface area contributed by atoms with Crippen LogP contribution in [0.1, 0.15) is 32.4 Å². The van der Waals surface area contributed by atoms with Gasteiger partial charge in [-0.25, -0.2) is 0 Å². The van der Waals surface area contributed by atoms with Gasteiger partial charge in [-0.15, -0.1) is 17.9 Å². The van der Waals surface area contributed by atoms with E-state index in [1.54, 1.807) is 16.2 Å². The Labute approximate surface area is 206 Å². The number of halogens is 1. The lowest BCUT2D eigenvalue weighted by atomic mass is 9.93. The number of rotatable bonds is 7. The lowest BCUT2D eigenvalue weighted by molar-refractivity contribution is -0.384. The van der Waals surface area contributed by atoms with Crippen LogP contribution in [0.4, 0.5) is 5.69 Å². The van der Waals surface area contributed by atoms with Gasteiger partial charge in [-0.1, -0.05) is 48.0 Å². The minimum atomic E-state index is -0.640. The first-order chi connectivity index (χ1) is 16.4. The predicted molar refractivity (Wildman–Crippen MR) is 132 cm³/mol. The molecule has 3 aromatic rings. The zero-order valence-electron chi connectivity index (χ0n) is 18.2. The third-order valence-electron chi connectivity index (χ3n) is 5.75. The van der Waals surface area contributed by atoms with E-state index in [0.29, 0.717) is 6.54 Å². The summed E-state index contributed by atoms with van der Waals surface area (Å²) >= 11 is 7.57. The molecule has 1 aliphatic heterocycles. The molecular formula is C25H22ClN3O4S. The van der Waals surface area contributed by atoms with Crippen molar-refractivity contribution in [3.05, 3.63) is 109 Å². The van der Waals surface area contributed by atoms with Crippen molar-refractivity contribution in [3.8, 4) is 0 Å². The van der Waals surface area contributed by atoms with Crippen molar-refractivity contribution in [3.63, 3.8) is 0 Å². The van der Waals surface area contributed by atoms with Crippen LogP contribution in [0.3, 0.4) is 0 Å². The molecule has 2 amide bonds. The summed E-state index contributed by atoms with van der Waals surface area (Å²) in [5.41, 5.74) is 1.84. The van der Waals surface area contributed by atoms with E-state index in [0.717, 1.165) is 23.6 Å². The molecular weight excluding hydrogens is 474 g/mol. The fraction of sp³-hybridized carbons (Fsp3) is 0.200. The number of nitro groups is 1. The van der Waals surface area contributed by atoms with Gasteiger partial charge in [-0.05, 0) is 41.1 Å². The number of fused-ring (bicyclic) bond motifs is 1. The third-order valence-corrected chi connectivity index (χ3v) is 7.07. The minimum absolute atomic E-state index is 0.0570. The largest absolute Gasteiger partial charge is 0.330 e. The lowest BCUT2D eigenvalue weighted by Gasteiger charge is -2.37. The maximum atomic E-state index is 13.5. The summed E-state index contributed by atoms with van der Waals surface area (Å²) in [5.74, 6) is -0.707. The van der Waals surface area contributed by atoms with E-state index in [2.05, 4.69) is 12.6 Å². The first kappa shape index (κ1) is 23.7. The third kappa shape index (κ3) is 4.73. The Kier molecular flexibility index (Phi) is 7.09. The Morgan fingerprint density at radius 1 is 1.24 bits per heavy atom. The van der Waals surface area contributed by atoms with E-state index in [1.165, 1.54) is 28.0 Å². The highest BCUT2D eigenvalue weighted by Crippen LogP contribution is 2.37. The number of benzene rings is 2. The molecule has 9 heteroatoms. The highest BCUT2D eigenvalue weighted by atomic mass is 35.5. The van der Waals surface area contributed by atoms with Crippen molar-refractivity contribution in [2.45, 2.75) is 12.5 Å². The van der Waals surface area contributed by atoms with Gasteiger partial charge in [0.15, 0.2) is 0 Å². The first-order valence-electron chi connectivity index (χ1n) is 10.7. The van der Waals surface area contributed by atoms with E-state index in [1.807, 2.05) is 35.7 Å². The van der Waals surface area contributed by atoms with Gasteiger partial charge in [0, 0.05) is 29.6 Å². The Morgan fingerprint density at radius 3 is 2.71 bits per heavy atom. The Balaban J connectivity index is 1.61. The summed E-state index contributed by atoms with van der Waals surface area (Å²) in [6, 6.07) is 15.5. The minimum Gasteiger partial charge on any atom is -0.330 e. The van der Waals surface area contributed by atoms with Gasteiger partial charge < -0.3 is 9.80 Å². The molecule has 0 radical (unpaired) electrons. The van der Waals surface area contributed by atoms with Crippen LogP contribution in [-0.2, 0) is 11.2 Å². The molecule has 0 aliphatic carbocycles. The maximum absolute atomic E-state index is 13.5. The van der Waals surface area contributed by atoms with Crippen molar-refractivity contribution >= 4 is 40.4 Å². The quantitative estimate of drug-likeness (QED) is 0.259. The molecule has 1 atom stereocenters. The second-order valence-electron chi connectivity index (χ2n) is 7.85. The topological polar surface area (TPSA) is 83.8 Å². The number of hydrogen-bond donors (Lipinski definition) is 0. The van der Waals surface area contributed by atoms with Crippen LogP contribution in [0.5, 0.6) is 0 Å². The van der Waals surface area contributed by atoms with Gasteiger partial charge in [-0.2, -0.15) is 0 Å². The Morgan fingerprint density at radius 2 is 2.00 bits per heavy atom. The van der Waals surface area contributed by atoms with Crippen LogP contribution in [-0.4, -0.2) is 46.2 Å². The number of carbonyl (C=O) groups excluding carboxylic acids is 2. The fourth-order valence-corrected chi connectivity index (χ4v) is 5.27. The van der Waals surface area contributed by atoms with Crippen LogP contribution in [0.2, 0.25) is 5.02 Å². The van der Waals surface area contributed by atoms with Crippen LogP contribution in [0, 0.1) is 10.1 Å². The molecule has 2 heterocycles. The van der Waals surface area contributed by atoms with E-state index in [-0.39, 0.29) is 41.3 Å². The summed E-state index contributed by atoms with van der Waals surface area (Å²) in [4.78, 5) is 41.7. The summed E-state index contributed by atoms with van der Waals surface area (Å²) in [6.45, 7) is 4.17. The van der Waals surface area contributed by atoms with E-state index in [4.69, 9.17) is 11.6 Å². The van der Waals surface area contributed by atoms with E-state index in [9.17, 15) is 19.7 Å². The van der Waals surface area contributed by atoms with Crippen molar-refractivity contribution in [1.82, 2.24) is 9.80 Å². The zero-order chi connectivity index (χ0) is 24.2. The van der Waals surface area contributed by atoms with Gasteiger partial charge in [0.1, 0.15) is 11.6 Å². The summed E-state index contributed by atoms with van der Waals surface area (Å²) in [6.07, 6.45) is 2.28. The SMILES string of the molecule is C=CCN(CC(=O)N1CCc2sccc2C1c1ccccc1)C(=O)c1ccc(Cl)c([N+](=O)[O-])c1. The van der Waals surface area contributed by atoms with Gasteiger partial charge in [0.05, 0.1) is 11.0 Å². The number of nitrogens with zero attached hydrogens (tertiary/aromatic N) is 3. The van der Waals surface area contributed by atoms with Crippen LogP contribution >= 0.6 is 22.9 Å².